The summed E-state index contributed by atoms with van der Waals surface area (Å²) >= 11 is 0. The molecule has 7 nitrogen and oxygen atoms in total. The van der Waals surface area contributed by atoms with E-state index in [9.17, 15) is 4.79 Å². The van der Waals surface area contributed by atoms with Crippen molar-refractivity contribution in [2.75, 3.05) is 12.3 Å². The minimum Gasteiger partial charge on any atom is -0.384 e. The number of rotatable bonds is 4. The number of pyridine rings is 1. The quantitative estimate of drug-likeness (QED) is 0.738. The summed E-state index contributed by atoms with van der Waals surface area (Å²) in [7, 11) is 0. The van der Waals surface area contributed by atoms with Crippen LogP contribution in [-0.4, -0.2) is 32.4 Å². The zero-order valence-corrected chi connectivity index (χ0v) is 11.2. The van der Waals surface area contributed by atoms with Gasteiger partial charge in [0.1, 0.15) is 5.82 Å². The van der Waals surface area contributed by atoms with Crippen LogP contribution in [0.5, 0.6) is 0 Å². The fraction of sp³-hybridized carbons (Fsp3) is 0.143. The van der Waals surface area contributed by atoms with E-state index in [2.05, 4.69) is 20.6 Å². The first-order chi connectivity index (χ1) is 10.2. The molecule has 3 N–H and O–H groups in total. The second-order valence-corrected chi connectivity index (χ2v) is 4.53. The highest BCUT2D eigenvalue weighted by Gasteiger charge is 2.11. The zero-order chi connectivity index (χ0) is 14.7. The Labute approximate surface area is 120 Å². The number of amides is 1. The Morgan fingerprint density at radius 1 is 1.33 bits per heavy atom. The van der Waals surface area contributed by atoms with Crippen LogP contribution in [0, 0.1) is 0 Å². The molecule has 0 unspecified atom stereocenters. The molecule has 3 rings (SSSR count). The van der Waals surface area contributed by atoms with Gasteiger partial charge in [0.05, 0.1) is 23.8 Å². The minimum absolute atomic E-state index is 0.180. The number of anilines is 1. The van der Waals surface area contributed by atoms with Crippen LogP contribution in [0.4, 0.5) is 5.82 Å². The molecule has 0 aliphatic heterocycles. The molecule has 3 aromatic rings. The Morgan fingerprint density at radius 3 is 3.00 bits per heavy atom. The van der Waals surface area contributed by atoms with Gasteiger partial charge in [-0.05, 0) is 12.1 Å². The third-order valence-corrected chi connectivity index (χ3v) is 3.08. The van der Waals surface area contributed by atoms with E-state index in [1.807, 2.05) is 24.3 Å². The fourth-order valence-electron chi connectivity index (χ4n) is 2.11. The highest BCUT2D eigenvalue weighted by atomic mass is 16.1. The van der Waals surface area contributed by atoms with Gasteiger partial charge in [-0.2, -0.15) is 0 Å². The minimum atomic E-state index is -0.180. The van der Waals surface area contributed by atoms with E-state index in [1.54, 1.807) is 23.1 Å². The van der Waals surface area contributed by atoms with E-state index in [4.69, 9.17) is 5.73 Å². The molecule has 7 heteroatoms. The lowest BCUT2D eigenvalue weighted by atomic mass is 10.1. The molecule has 0 bridgehead atoms. The Bertz CT molecular complexity index is 768. The van der Waals surface area contributed by atoms with Crippen molar-refractivity contribution in [2.24, 2.45) is 0 Å². The second kappa shape index (κ2) is 5.58. The maximum Gasteiger partial charge on any atom is 0.252 e. The second-order valence-electron chi connectivity index (χ2n) is 4.53. The van der Waals surface area contributed by atoms with E-state index in [1.165, 1.54) is 0 Å². The summed E-state index contributed by atoms with van der Waals surface area (Å²) in [5.41, 5.74) is 6.99. The number of carbonyl (C=O) groups excluding carboxylic acids is 1. The highest BCUT2D eigenvalue weighted by Crippen LogP contribution is 2.19. The van der Waals surface area contributed by atoms with Crippen molar-refractivity contribution >= 4 is 22.6 Å². The van der Waals surface area contributed by atoms with Crippen LogP contribution in [0.25, 0.3) is 10.9 Å². The number of hydrogen-bond acceptors (Lipinski definition) is 5. The lowest BCUT2D eigenvalue weighted by Gasteiger charge is -2.08. The monoisotopic (exact) mass is 282 g/mol. The number of nitrogens with two attached hydrogens (primary N) is 1. The first-order valence-electron chi connectivity index (χ1n) is 6.51. The molecular weight excluding hydrogens is 268 g/mol. The molecule has 1 aromatic carbocycles. The van der Waals surface area contributed by atoms with Gasteiger partial charge in [0.25, 0.3) is 5.91 Å². The molecule has 2 heterocycles. The van der Waals surface area contributed by atoms with Gasteiger partial charge >= 0.3 is 0 Å². The van der Waals surface area contributed by atoms with Gasteiger partial charge in [-0.15, -0.1) is 5.10 Å². The molecule has 106 valence electrons. The lowest BCUT2D eigenvalue weighted by molar-refractivity contribution is 0.0953. The number of hydrogen-bond donors (Lipinski definition) is 2. The molecule has 0 spiro atoms. The molecule has 1 amide bonds. The normalized spacial score (nSPS) is 10.7. The molecule has 0 saturated heterocycles. The molecule has 0 fully saturated rings. The molecule has 0 aliphatic carbocycles. The van der Waals surface area contributed by atoms with Crippen molar-refractivity contribution in [1.29, 1.82) is 0 Å². The molecular formula is C14H14N6O. The van der Waals surface area contributed by atoms with Crippen LogP contribution in [0.1, 0.15) is 10.4 Å². The summed E-state index contributed by atoms with van der Waals surface area (Å²) in [6.07, 6.45) is 3.34. The van der Waals surface area contributed by atoms with Gasteiger partial charge < -0.3 is 11.1 Å². The number of nitrogens with zero attached hydrogens (tertiary/aromatic N) is 4. The van der Waals surface area contributed by atoms with Gasteiger partial charge in [0, 0.05) is 18.1 Å². The van der Waals surface area contributed by atoms with Crippen molar-refractivity contribution in [3.63, 3.8) is 0 Å². The first-order valence-corrected chi connectivity index (χ1v) is 6.51. The average molecular weight is 282 g/mol. The smallest absolute Gasteiger partial charge is 0.252 e. The van der Waals surface area contributed by atoms with Crippen molar-refractivity contribution < 1.29 is 4.79 Å². The Morgan fingerprint density at radius 2 is 2.19 bits per heavy atom. The third kappa shape index (κ3) is 2.81. The van der Waals surface area contributed by atoms with E-state index < -0.39 is 0 Å². The third-order valence-electron chi connectivity index (χ3n) is 3.08. The van der Waals surface area contributed by atoms with Crippen molar-refractivity contribution in [3.05, 3.63) is 48.3 Å². The molecule has 0 aliphatic rings. The van der Waals surface area contributed by atoms with Crippen LogP contribution in [0.15, 0.2) is 42.7 Å². The molecule has 2 aromatic heterocycles. The maximum atomic E-state index is 12.3. The first kappa shape index (κ1) is 13.0. The topological polar surface area (TPSA) is 98.7 Å². The zero-order valence-electron chi connectivity index (χ0n) is 11.2. The van der Waals surface area contributed by atoms with Gasteiger partial charge in [-0.25, -0.2) is 4.98 Å². The van der Waals surface area contributed by atoms with Crippen molar-refractivity contribution in [1.82, 2.24) is 25.3 Å². The van der Waals surface area contributed by atoms with Gasteiger partial charge in [-0.3, -0.25) is 9.48 Å². The number of carbonyl (C=O) groups is 1. The van der Waals surface area contributed by atoms with Crippen molar-refractivity contribution in [3.8, 4) is 0 Å². The molecule has 0 atom stereocenters. The Balaban J connectivity index is 1.78. The van der Waals surface area contributed by atoms with E-state index >= 15 is 0 Å². The average Bonchev–Trinajstić information content (AvgIpc) is 2.99. The number of para-hydroxylation sites is 1. The number of benzene rings is 1. The molecule has 0 saturated carbocycles. The van der Waals surface area contributed by atoms with Gasteiger partial charge in [0.15, 0.2) is 0 Å². The Kier molecular flexibility index (Phi) is 3.46. The number of fused-ring (bicyclic) bond motifs is 1. The van der Waals surface area contributed by atoms with E-state index in [0.717, 1.165) is 5.39 Å². The summed E-state index contributed by atoms with van der Waals surface area (Å²) in [4.78, 5) is 16.5. The highest BCUT2D eigenvalue weighted by molar-refractivity contribution is 6.06. The Hall–Kier alpha value is -2.96. The fourth-order valence-corrected chi connectivity index (χ4v) is 2.11. The summed E-state index contributed by atoms with van der Waals surface area (Å²) in [5, 5.41) is 11.2. The predicted molar refractivity (Wildman–Crippen MR) is 78.5 cm³/mol. The van der Waals surface area contributed by atoms with Crippen LogP contribution in [0.2, 0.25) is 0 Å². The number of aromatic nitrogens is 4. The van der Waals surface area contributed by atoms with E-state index in [0.29, 0.717) is 30.0 Å². The van der Waals surface area contributed by atoms with E-state index in [-0.39, 0.29) is 5.91 Å². The predicted octanol–water partition coefficient (Wildman–Crippen LogP) is 0.838. The summed E-state index contributed by atoms with van der Waals surface area (Å²) in [6, 6.07) is 9.01. The number of nitrogens with one attached hydrogen (secondary N) is 1. The van der Waals surface area contributed by atoms with Crippen LogP contribution in [-0.2, 0) is 6.54 Å². The summed E-state index contributed by atoms with van der Waals surface area (Å²) in [5.74, 6) is 0.149. The van der Waals surface area contributed by atoms with Gasteiger partial charge in [-0.1, -0.05) is 23.4 Å². The largest absolute Gasteiger partial charge is 0.384 e. The van der Waals surface area contributed by atoms with Crippen LogP contribution < -0.4 is 11.1 Å². The van der Waals surface area contributed by atoms with Crippen molar-refractivity contribution in [2.45, 2.75) is 6.54 Å². The van der Waals surface area contributed by atoms with Crippen LogP contribution in [0.3, 0.4) is 0 Å². The maximum absolute atomic E-state index is 12.3. The molecule has 21 heavy (non-hydrogen) atoms. The van der Waals surface area contributed by atoms with Crippen LogP contribution >= 0.6 is 0 Å². The van der Waals surface area contributed by atoms with Gasteiger partial charge in [0.2, 0.25) is 0 Å². The summed E-state index contributed by atoms with van der Waals surface area (Å²) in [6.45, 7) is 1.02. The SMILES string of the molecule is Nc1cc(C(=O)NCCn2ccnn2)c2ccccc2n1. The standard InChI is InChI=1S/C14H14N6O/c15-13-9-11(10-3-1-2-4-12(10)18-13)14(21)16-5-7-20-8-6-17-19-20/h1-4,6,8-9H,5,7H2,(H2,15,18)(H,16,21). The molecule has 0 radical (unpaired) electrons. The lowest BCUT2D eigenvalue weighted by Crippen LogP contribution is -2.27. The number of nitrogen functional groups attached to an aromatic ring is 1. The summed E-state index contributed by atoms with van der Waals surface area (Å²) < 4.78 is 1.65.